The molecule has 0 radical (unpaired) electrons. The predicted octanol–water partition coefficient (Wildman–Crippen LogP) is 1.45. The van der Waals surface area contributed by atoms with E-state index in [4.69, 9.17) is 5.73 Å². The summed E-state index contributed by atoms with van der Waals surface area (Å²) < 4.78 is 0. The zero-order chi connectivity index (χ0) is 16.2. The summed E-state index contributed by atoms with van der Waals surface area (Å²) in [6, 6.07) is 9.57. The number of hydrogen-bond donors (Lipinski definition) is 2. The Balaban J connectivity index is 1.48. The van der Waals surface area contributed by atoms with Crippen LogP contribution in [0.1, 0.15) is 37.3 Å². The molecule has 3 rings (SSSR count). The van der Waals surface area contributed by atoms with E-state index < -0.39 is 0 Å². The number of hydrogen-bond acceptors (Lipinski definition) is 3. The molecule has 1 heterocycles. The molecule has 2 fully saturated rings. The van der Waals surface area contributed by atoms with Gasteiger partial charge >= 0.3 is 0 Å². The summed E-state index contributed by atoms with van der Waals surface area (Å²) in [7, 11) is 0. The molecule has 1 aliphatic carbocycles. The Morgan fingerprint density at radius 3 is 2.61 bits per heavy atom. The second-order valence-electron chi connectivity index (χ2n) is 6.66. The lowest BCUT2D eigenvalue weighted by Crippen LogP contribution is -2.46. The summed E-state index contributed by atoms with van der Waals surface area (Å²) in [5.74, 6) is 0.380. The van der Waals surface area contributed by atoms with Gasteiger partial charge in [-0.1, -0.05) is 30.3 Å². The van der Waals surface area contributed by atoms with Gasteiger partial charge in [0.1, 0.15) is 0 Å². The number of amides is 2. The molecule has 124 valence electrons. The lowest BCUT2D eigenvalue weighted by atomic mass is 9.96. The molecule has 1 aliphatic heterocycles. The Kier molecular flexibility index (Phi) is 4.96. The van der Waals surface area contributed by atoms with E-state index in [9.17, 15) is 9.59 Å². The SMILES string of the molecule is NC(CNC(=O)C1CCCN(C(=O)C2CC2)C1)c1ccccc1. The Labute approximate surface area is 137 Å². The van der Waals surface area contributed by atoms with Crippen molar-refractivity contribution in [3.8, 4) is 0 Å². The number of nitrogens with one attached hydrogen (secondary N) is 1. The van der Waals surface area contributed by atoms with Crippen molar-refractivity contribution in [3.63, 3.8) is 0 Å². The van der Waals surface area contributed by atoms with Crippen LogP contribution in [0.15, 0.2) is 30.3 Å². The summed E-state index contributed by atoms with van der Waals surface area (Å²) in [6.07, 6.45) is 3.78. The highest BCUT2D eigenvalue weighted by Gasteiger charge is 2.36. The fraction of sp³-hybridized carbons (Fsp3) is 0.556. The number of carbonyl (C=O) groups is 2. The maximum atomic E-state index is 12.4. The molecule has 3 N–H and O–H groups in total. The normalized spacial score (nSPS) is 22.5. The van der Waals surface area contributed by atoms with E-state index in [0.29, 0.717) is 13.1 Å². The zero-order valence-electron chi connectivity index (χ0n) is 13.4. The third kappa shape index (κ3) is 4.10. The van der Waals surface area contributed by atoms with E-state index in [1.807, 2.05) is 35.2 Å². The van der Waals surface area contributed by atoms with Crippen molar-refractivity contribution in [3.05, 3.63) is 35.9 Å². The molecule has 2 atom stereocenters. The number of benzene rings is 1. The van der Waals surface area contributed by atoms with E-state index in [1.165, 1.54) is 0 Å². The van der Waals surface area contributed by atoms with Gasteiger partial charge in [0.25, 0.3) is 0 Å². The molecule has 1 saturated carbocycles. The number of piperidine rings is 1. The molecular weight excluding hydrogens is 290 g/mol. The molecule has 1 aromatic rings. The first-order valence-electron chi connectivity index (χ1n) is 8.52. The highest BCUT2D eigenvalue weighted by atomic mass is 16.2. The largest absolute Gasteiger partial charge is 0.354 e. The van der Waals surface area contributed by atoms with Crippen LogP contribution in [0, 0.1) is 11.8 Å². The number of nitrogens with two attached hydrogens (primary N) is 1. The predicted molar refractivity (Wildman–Crippen MR) is 88.4 cm³/mol. The van der Waals surface area contributed by atoms with Gasteiger partial charge in [0.2, 0.25) is 11.8 Å². The molecule has 1 aromatic carbocycles. The van der Waals surface area contributed by atoms with Crippen LogP contribution in [0.5, 0.6) is 0 Å². The topological polar surface area (TPSA) is 75.4 Å². The van der Waals surface area contributed by atoms with E-state index in [2.05, 4.69) is 5.32 Å². The van der Waals surface area contributed by atoms with Crippen LogP contribution in [0.3, 0.4) is 0 Å². The first-order valence-corrected chi connectivity index (χ1v) is 8.52. The molecule has 5 heteroatoms. The van der Waals surface area contributed by atoms with Crippen molar-refractivity contribution in [2.75, 3.05) is 19.6 Å². The molecule has 0 aromatic heterocycles. The summed E-state index contributed by atoms with van der Waals surface area (Å²) in [5.41, 5.74) is 7.13. The number of likely N-dealkylation sites (tertiary alicyclic amines) is 1. The van der Waals surface area contributed by atoms with Crippen molar-refractivity contribution >= 4 is 11.8 Å². The standard InChI is InChI=1S/C18H25N3O2/c19-16(13-5-2-1-3-6-13)11-20-17(22)15-7-4-10-21(12-15)18(23)14-8-9-14/h1-3,5-6,14-16H,4,7-12,19H2,(H,20,22). The highest BCUT2D eigenvalue weighted by Crippen LogP contribution is 2.32. The summed E-state index contributed by atoms with van der Waals surface area (Å²) in [5, 5.41) is 2.95. The maximum absolute atomic E-state index is 12.4. The van der Waals surface area contributed by atoms with Crippen LogP contribution in [-0.4, -0.2) is 36.3 Å². The van der Waals surface area contributed by atoms with Crippen molar-refractivity contribution < 1.29 is 9.59 Å². The van der Waals surface area contributed by atoms with Crippen LogP contribution >= 0.6 is 0 Å². The Morgan fingerprint density at radius 2 is 1.91 bits per heavy atom. The monoisotopic (exact) mass is 315 g/mol. The highest BCUT2D eigenvalue weighted by molar-refractivity contribution is 5.83. The molecule has 0 bridgehead atoms. The second-order valence-corrected chi connectivity index (χ2v) is 6.66. The van der Waals surface area contributed by atoms with Crippen LogP contribution in [0.2, 0.25) is 0 Å². The molecule has 2 aliphatic rings. The van der Waals surface area contributed by atoms with Crippen LogP contribution in [-0.2, 0) is 9.59 Å². The van der Waals surface area contributed by atoms with Crippen molar-refractivity contribution in [1.29, 1.82) is 0 Å². The molecule has 2 amide bonds. The van der Waals surface area contributed by atoms with Gasteiger partial charge < -0.3 is 16.0 Å². The minimum Gasteiger partial charge on any atom is -0.354 e. The number of carbonyl (C=O) groups excluding carboxylic acids is 2. The smallest absolute Gasteiger partial charge is 0.225 e. The lowest BCUT2D eigenvalue weighted by Gasteiger charge is -2.32. The van der Waals surface area contributed by atoms with E-state index in [-0.39, 0.29) is 29.7 Å². The van der Waals surface area contributed by atoms with Crippen LogP contribution in [0.25, 0.3) is 0 Å². The summed E-state index contributed by atoms with van der Waals surface area (Å²) in [6.45, 7) is 1.78. The first-order chi connectivity index (χ1) is 11.1. The number of rotatable bonds is 5. The van der Waals surface area contributed by atoms with Gasteiger partial charge in [0, 0.05) is 31.6 Å². The fourth-order valence-corrected chi connectivity index (χ4v) is 3.15. The summed E-state index contributed by atoms with van der Waals surface area (Å²) in [4.78, 5) is 26.4. The van der Waals surface area contributed by atoms with E-state index in [0.717, 1.165) is 37.8 Å². The van der Waals surface area contributed by atoms with E-state index >= 15 is 0 Å². The van der Waals surface area contributed by atoms with Gasteiger partial charge in [0.15, 0.2) is 0 Å². The van der Waals surface area contributed by atoms with Gasteiger partial charge in [-0.15, -0.1) is 0 Å². The number of nitrogens with zero attached hydrogens (tertiary/aromatic N) is 1. The Morgan fingerprint density at radius 1 is 1.17 bits per heavy atom. The van der Waals surface area contributed by atoms with Crippen LogP contribution in [0.4, 0.5) is 0 Å². The van der Waals surface area contributed by atoms with Crippen molar-refractivity contribution in [2.45, 2.75) is 31.7 Å². The van der Waals surface area contributed by atoms with Gasteiger partial charge in [-0.2, -0.15) is 0 Å². The third-order valence-electron chi connectivity index (χ3n) is 4.75. The molecule has 0 spiro atoms. The summed E-state index contributed by atoms with van der Waals surface area (Å²) >= 11 is 0. The van der Waals surface area contributed by atoms with Gasteiger partial charge in [-0.3, -0.25) is 9.59 Å². The Bertz CT molecular complexity index is 557. The third-order valence-corrected chi connectivity index (χ3v) is 4.75. The van der Waals surface area contributed by atoms with Crippen LogP contribution < -0.4 is 11.1 Å². The molecule has 5 nitrogen and oxygen atoms in total. The Hall–Kier alpha value is -1.88. The van der Waals surface area contributed by atoms with Crippen molar-refractivity contribution in [2.24, 2.45) is 17.6 Å². The maximum Gasteiger partial charge on any atom is 0.225 e. The average Bonchev–Trinajstić information content (AvgIpc) is 3.44. The fourth-order valence-electron chi connectivity index (χ4n) is 3.15. The minimum atomic E-state index is -0.201. The average molecular weight is 315 g/mol. The lowest BCUT2D eigenvalue weighted by molar-refractivity contribution is -0.136. The quantitative estimate of drug-likeness (QED) is 0.863. The van der Waals surface area contributed by atoms with E-state index in [1.54, 1.807) is 0 Å². The molecule has 2 unspecified atom stereocenters. The second kappa shape index (κ2) is 7.13. The molecular formula is C18H25N3O2. The molecule has 23 heavy (non-hydrogen) atoms. The van der Waals surface area contributed by atoms with Gasteiger partial charge in [-0.05, 0) is 31.2 Å². The first kappa shape index (κ1) is 16.0. The molecule has 1 saturated heterocycles. The minimum absolute atomic E-state index is 0.0182. The van der Waals surface area contributed by atoms with Gasteiger partial charge in [0.05, 0.1) is 5.92 Å². The van der Waals surface area contributed by atoms with Gasteiger partial charge in [-0.25, -0.2) is 0 Å². The van der Waals surface area contributed by atoms with Crippen molar-refractivity contribution in [1.82, 2.24) is 10.2 Å². The zero-order valence-corrected chi connectivity index (χ0v) is 13.4.